The summed E-state index contributed by atoms with van der Waals surface area (Å²) < 4.78 is 18.8. The van der Waals surface area contributed by atoms with Gasteiger partial charge in [-0.15, -0.1) is 11.8 Å². The molecule has 5 heteroatoms. The lowest BCUT2D eigenvalue weighted by Gasteiger charge is -2.08. The zero-order valence-corrected chi connectivity index (χ0v) is 11.2. The van der Waals surface area contributed by atoms with Crippen LogP contribution in [0.3, 0.4) is 0 Å². The fraction of sp³-hybridized carbons (Fsp3) is 0.167. The minimum absolute atomic E-state index is 0.274. The van der Waals surface area contributed by atoms with Gasteiger partial charge in [-0.3, -0.25) is 0 Å². The van der Waals surface area contributed by atoms with Crippen molar-refractivity contribution in [1.29, 1.82) is 0 Å². The SMILES string of the molecule is OC(CSc1cccc(F)c1)c1occc1Br. The van der Waals surface area contributed by atoms with E-state index >= 15 is 0 Å². The van der Waals surface area contributed by atoms with E-state index in [1.807, 2.05) is 0 Å². The first-order valence-electron chi connectivity index (χ1n) is 4.96. The Bertz CT molecular complexity index is 501. The normalized spacial score (nSPS) is 12.6. The number of aliphatic hydroxyl groups is 1. The predicted octanol–water partition coefficient (Wildman–Crippen LogP) is 4.01. The maximum Gasteiger partial charge on any atom is 0.147 e. The Hall–Kier alpha value is -0.780. The Morgan fingerprint density at radius 3 is 2.88 bits per heavy atom. The van der Waals surface area contributed by atoms with Crippen LogP contribution in [0, 0.1) is 5.82 Å². The van der Waals surface area contributed by atoms with Gasteiger partial charge in [0.2, 0.25) is 0 Å². The number of furan rings is 1. The number of hydrogen-bond acceptors (Lipinski definition) is 3. The second-order valence-corrected chi connectivity index (χ2v) is 5.36. The highest BCUT2D eigenvalue weighted by molar-refractivity contribution is 9.10. The van der Waals surface area contributed by atoms with Crippen LogP contribution in [0.4, 0.5) is 4.39 Å². The van der Waals surface area contributed by atoms with E-state index in [1.54, 1.807) is 18.2 Å². The minimum Gasteiger partial charge on any atom is -0.465 e. The lowest BCUT2D eigenvalue weighted by atomic mass is 10.3. The first-order valence-corrected chi connectivity index (χ1v) is 6.74. The van der Waals surface area contributed by atoms with Gasteiger partial charge in [-0.05, 0) is 40.2 Å². The zero-order valence-electron chi connectivity index (χ0n) is 8.77. The molecule has 0 radical (unpaired) electrons. The first kappa shape index (κ1) is 12.7. The summed E-state index contributed by atoms with van der Waals surface area (Å²) in [6.45, 7) is 0. The van der Waals surface area contributed by atoms with E-state index in [9.17, 15) is 9.50 Å². The monoisotopic (exact) mass is 316 g/mol. The molecule has 0 saturated heterocycles. The summed E-state index contributed by atoms with van der Waals surface area (Å²) in [5, 5.41) is 9.88. The van der Waals surface area contributed by atoms with E-state index in [1.165, 1.54) is 30.2 Å². The van der Waals surface area contributed by atoms with Crippen LogP contribution in [-0.4, -0.2) is 10.9 Å². The summed E-state index contributed by atoms with van der Waals surface area (Å²) >= 11 is 4.66. The molecule has 0 bridgehead atoms. The average Bonchev–Trinajstić information content (AvgIpc) is 2.72. The van der Waals surface area contributed by atoms with Crippen molar-refractivity contribution in [3.05, 3.63) is 52.6 Å². The van der Waals surface area contributed by atoms with Crippen molar-refractivity contribution in [2.75, 3.05) is 5.75 Å². The van der Waals surface area contributed by atoms with Crippen molar-refractivity contribution in [1.82, 2.24) is 0 Å². The molecule has 0 aliphatic heterocycles. The van der Waals surface area contributed by atoms with Gasteiger partial charge >= 0.3 is 0 Å². The maximum atomic E-state index is 12.9. The van der Waals surface area contributed by atoms with Gasteiger partial charge in [0.25, 0.3) is 0 Å². The van der Waals surface area contributed by atoms with Crippen LogP contribution in [0.15, 0.2) is 50.4 Å². The van der Waals surface area contributed by atoms with E-state index in [0.29, 0.717) is 11.5 Å². The lowest BCUT2D eigenvalue weighted by molar-refractivity contribution is 0.173. The molecule has 2 nitrogen and oxygen atoms in total. The molecule has 2 aromatic rings. The van der Waals surface area contributed by atoms with Crippen molar-refractivity contribution in [3.63, 3.8) is 0 Å². The summed E-state index contributed by atoms with van der Waals surface area (Å²) in [5.74, 6) is 0.632. The molecule has 0 saturated carbocycles. The summed E-state index contributed by atoms with van der Waals surface area (Å²) in [6.07, 6.45) is 0.794. The molecule has 0 spiro atoms. The molecule has 0 aliphatic rings. The Kier molecular flexibility index (Phi) is 4.25. The standard InChI is InChI=1S/C12H10BrFO2S/c13-10-4-5-16-12(10)11(15)7-17-9-3-1-2-8(14)6-9/h1-6,11,15H,7H2. The molecule has 1 unspecified atom stereocenters. The molecule has 1 N–H and O–H groups in total. The Labute approximate surface area is 111 Å². The second kappa shape index (κ2) is 5.71. The van der Waals surface area contributed by atoms with Crippen LogP contribution in [0.5, 0.6) is 0 Å². The predicted molar refractivity (Wildman–Crippen MR) is 68.5 cm³/mol. The quantitative estimate of drug-likeness (QED) is 0.865. The third kappa shape index (κ3) is 3.34. The van der Waals surface area contributed by atoms with Gasteiger partial charge in [-0.2, -0.15) is 0 Å². The maximum absolute atomic E-state index is 12.9. The van der Waals surface area contributed by atoms with Gasteiger partial charge < -0.3 is 9.52 Å². The van der Waals surface area contributed by atoms with E-state index in [0.717, 1.165) is 9.37 Å². The third-order valence-corrected chi connectivity index (χ3v) is 3.88. The van der Waals surface area contributed by atoms with Gasteiger partial charge in [0.05, 0.1) is 10.7 Å². The van der Waals surface area contributed by atoms with Crippen LogP contribution in [0.1, 0.15) is 11.9 Å². The van der Waals surface area contributed by atoms with Gasteiger partial charge in [0.15, 0.2) is 0 Å². The van der Waals surface area contributed by atoms with Gasteiger partial charge in [0, 0.05) is 10.6 Å². The molecule has 2 rings (SSSR count). The number of thioether (sulfide) groups is 1. The summed E-state index contributed by atoms with van der Waals surface area (Å²) in [6, 6.07) is 8.01. The van der Waals surface area contributed by atoms with Crippen LogP contribution in [0.25, 0.3) is 0 Å². The third-order valence-electron chi connectivity index (χ3n) is 2.15. The van der Waals surface area contributed by atoms with Crippen molar-refractivity contribution >= 4 is 27.7 Å². The van der Waals surface area contributed by atoms with E-state index in [-0.39, 0.29) is 5.82 Å². The highest BCUT2D eigenvalue weighted by Gasteiger charge is 2.15. The number of rotatable bonds is 4. The fourth-order valence-electron chi connectivity index (χ4n) is 1.35. The number of hydrogen-bond donors (Lipinski definition) is 1. The minimum atomic E-state index is -0.715. The summed E-state index contributed by atoms with van der Waals surface area (Å²) in [7, 11) is 0. The molecular weight excluding hydrogens is 307 g/mol. The molecule has 90 valence electrons. The van der Waals surface area contributed by atoms with Crippen LogP contribution in [0.2, 0.25) is 0 Å². The Balaban J connectivity index is 1.97. The molecule has 1 heterocycles. The fourth-order valence-corrected chi connectivity index (χ4v) is 2.69. The first-order chi connectivity index (χ1) is 8.16. The van der Waals surface area contributed by atoms with Gasteiger partial charge in [0.1, 0.15) is 17.7 Å². The summed E-state index contributed by atoms with van der Waals surface area (Å²) in [4.78, 5) is 0.784. The van der Waals surface area contributed by atoms with E-state index < -0.39 is 6.10 Å². The van der Waals surface area contributed by atoms with E-state index in [2.05, 4.69) is 15.9 Å². The molecule has 1 aromatic carbocycles. The molecule has 0 aliphatic carbocycles. The van der Waals surface area contributed by atoms with Crippen LogP contribution >= 0.6 is 27.7 Å². The Morgan fingerprint density at radius 1 is 1.41 bits per heavy atom. The molecule has 1 atom stereocenters. The highest BCUT2D eigenvalue weighted by atomic mass is 79.9. The molecule has 17 heavy (non-hydrogen) atoms. The number of halogens is 2. The molecule has 0 amide bonds. The lowest BCUT2D eigenvalue weighted by Crippen LogP contribution is -1.99. The zero-order chi connectivity index (χ0) is 12.3. The van der Waals surface area contributed by atoms with E-state index in [4.69, 9.17) is 4.42 Å². The topological polar surface area (TPSA) is 33.4 Å². The Morgan fingerprint density at radius 2 is 2.24 bits per heavy atom. The average molecular weight is 317 g/mol. The van der Waals surface area contributed by atoms with Crippen molar-refractivity contribution < 1.29 is 13.9 Å². The molecule has 1 aromatic heterocycles. The smallest absolute Gasteiger partial charge is 0.147 e. The summed E-state index contributed by atoms with van der Waals surface area (Å²) in [5.41, 5.74) is 0. The van der Waals surface area contributed by atoms with Crippen molar-refractivity contribution in [3.8, 4) is 0 Å². The number of aliphatic hydroxyl groups excluding tert-OH is 1. The highest BCUT2D eigenvalue weighted by Crippen LogP contribution is 2.29. The largest absolute Gasteiger partial charge is 0.465 e. The second-order valence-electron chi connectivity index (χ2n) is 3.42. The molecular formula is C12H10BrFO2S. The van der Waals surface area contributed by atoms with Gasteiger partial charge in [-0.1, -0.05) is 6.07 Å². The van der Waals surface area contributed by atoms with Crippen molar-refractivity contribution in [2.24, 2.45) is 0 Å². The van der Waals surface area contributed by atoms with Crippen LogP contribution < -0.4 is 0 Å². The van der Waals surface area contributed by atoms with Crippen molar-refractivity contribution in [2.45, 2.75) is 11.0 Å². The number of benzene rings is 1. The molecule has 0 fully saturated rings. The van der Waals surface area contributed by atoms with Gasteiger partial charge in [-0.25, -0.2) is 4.39 Å². The van der Waals surface area contributed by atoms with Crippen LogP contribution in [-0.2, 0) is 0 Å².